The van der Waals surface area contributed by atoms with E-state index in [0.29, 0.717) is 5.84 Å². The highest BCUT2D eigenvalue weighted by molar-refractivity contribution is 6.57. The molecule has 0 saturated heterocycles. The quantitative estimate of drug-likeness (QED) is 0.517. The molecule has 0 aliphatic heterocycles. The second-order valence-electron chi connectivity index (χ2n) is 4.94. The monoisotopic (exact) mass is 319 g/mol. The van der Waals surface area contributed by atoms with Crippen LogP contribution in [0.25, 0.3) is 10.8 Å². The minimum atomic E-state index is 0.150. The first-order valence-corrected chi connectivity index (χ1v) is 7.56. The number of aliphatic imine (C=N–C) groups is 2. The maximum Gasteiger partial charge on any atom is 0.162 e. The number of amidine groups is 2. The van der Waals surface area contributed by atoms with Crippen LogP contribution in [0.4, 0.5) is 0 Å². The molecule has 0 amide bonds. The molecule has 0 aliphatic rings. The molecule has 0 radical (unpaired) electrons. The lowest BCUT2D eigenvalue weighted by Gasteiger charge is -2.04. The molecule has 112 valence electrons. The van der Waals surface area contributed by atoms with Crippen molar-refractivity contribution in [2.24, 2.45) is 9.98 Å². The first-order valence-electron chi connectivity index (χ1n) is 7.12. The highest BCUT2D eigenvalue weighted by atomic mass is 35.5. The molecule has 23 heavy (non-hydrogen) atoms. The zero-order valence-corrected chi connectivity index (χ0v) is 13.0. The lowest BCUT2D eigenvalue weighted by molar-refractivity contribution is 1.40. The maximum absolute atomic E-state index is 8.26. The number of benzene rings is 3. The van der Waals surface area contributed by atoms with Crippen molar-refractivity contribution in [1.82, 2.24) is 0 Å². The number of hydrogen-bond donors (Lipinski definition) is 1. The Hall–Kier alpha value is -2.78. The van der Waals surface area contributed by atoms with E-state index in [1.54, 1.807) is 0 Å². The number of nitrogens with one attached hydrogen (secondary N) is 1. The van der Waals surface area contributed by atoms with Gasteiger partial charge >= 0.3 is 0 Å². The first-order chi connectivity index (χ1) is 11.3. The minimum absolute atomic E-state index is 0.150. The zero-order chi connectivity index (χ0) is 16.1. The van der Waals surface area contributed by atoms with E-state index in [-0.39, 0.29) is 5.84 Å². The molecule has 3 rings (SSSR count). The predicted molar refractivity (Wildman–Crippen MR) is 98.1 cm³/mol. The lowest BCUT2D eigenvalue weighted by Crippen LogP contribution is -2.03. The summed E-state index contributed by atoms with van der Waals surface area (Å²) < 4.78 is 0. The fraction of sp³-hybridized carbons (Fsp3) is 0. The van der Waals surface area contributed by atoms with Gasteiger partial charge in [-0.15, -0.1) is 0 Å². The van der Waals surface area contributed by atoms with Crippen LogP contribution < -0.4 is 0 Å². The summed E-state index contributed by atoms with van der Waals surface area (Å²) in [6.07, 6.45) is 0. The minimum Gasteiger partial charge on any atom is -0.282 e. The standard InChI is InChI=1S/C19H14ClN3/c20-13-22-19(15-7-2-1-3-8-15)23-18(21)17-11-10-14-6-4-5-9-16(14)12-17/h1-13,21H/b21-18?,22-13+,23-19-. The van der Waals surface area contributed by atoms with Crippen LogP contribution in [0.1, 0.15) is 11.1 Å². The van der Waals surface area contributed by atoms with Gasteiger partial charge in [-0.3, -0.25) is 5.41 Å². The Kier molecular flexibility index (Phi) is 4.60. The summed E-state index contributed by atoms with van der Waals surface area (Å²) in [5.74, 6) is 0.565. The SMILES string of the molecule is N=C(/N=C(\N=C\Cl)c1ccccc1)c1ccc2ccccc2c1. The summed E-state index contributed by atoms with van der Waals surface area (Å²) in [5.41, 5.74) is 2.72. The summed E-state index contributed by atoms with van der Waals surface area (Å²) in [5, 5.41) is 10.5. The smallest absolute Gasteiger partial charge is 0.162 e. The summed E-state index contributed by atoms with van der Waals surface area (Å²) in [6, 6.07) is 23.3. The van der Waals surface area contributed by atoms with E-state index < -0.39 is 0 Å². The van der Waals surface area contributed by atoms with E-state index in [9.17, 15) is 0 Å². The molecule has 0 heterocycles. The Balaban J connectivity index is 1.99. The molecule has 0 aromatic heterocycles. The number of halogens is 1. The molecule has 0 atom stereocenters. The number of nitrogens with zero attached hydrogens (tertiary/aromatic N) is 2. The number of hydrogen-bond acceptors (Lipinski definition) is 1. The summed E-state index contributed by atoms with van der Waals surface area (Å²) >= 11 is 5.61. The van der Waals surface area contributed by atoms with Gasteiger partial charge in [0.2, 0.25) is 0 Å². The molecular weight excluding hydrogens is 306 g/mol. The summed E-state index contributed by atoms with van der Waals surface area (Å²) in [6.45, 7) is 0. The molecule has 3 aromatic carbocycles. The van der Waals surface area contributed by atoms with Gasteiger partial charge in [0.05, 0.1) is 5.67 Å². The van der Waals surface area contributed by atoms with Crippen molar-refractivity contribution >= 4 is 39.7 Å². The van der Waals surface area contributed by atoms with Crippen LogP contribution in [0.3, 0.4) is 0 Å². The second-order valence-corrected chi connectivity index (χ2v) is 5.13. The third-order valence-electron chi connectivity index (χ3n) is 3.44. The third kappa shape index (κ3) is 3.52. The predicted octanol–water partition coefficient (Wildman–Crippen LogP) is 4.88. The van der Waals surface area contributed by atoms with Crippen LogP contribution in [-0.2, 0) is 0 Å². The van der Waals surface area contributed by atoms with E-state index in [0.717, 1.165) is 21.9 Å². The van der Waals surface area contributed by atoms with Crippen LogP contribution in [0.5, 0.6) is 0 Å². The van der Waals surface area contributed by atoms with Crippen molar-refractivity contribution in [3.63, 3.8) is 0 Å². The zero-order valence-electron chi connectivity index (χ0n) is 12.3. The fourth-order valence-corrected chi connectivity index (χ4v) is 2.40. The molecule has 1 N–H and O–H groups in total. The Morgan fingerprint density at radius 3 is 2.26 bits per heavy atom. The number of rotatable bonds is 2. The summed E-state index contributed by atoms with van der Waals surface area (Å²) in [7, 11) is 0. The van der Waals surface area contributed by atoms with Crippen LogP contribution in [0, 0.1) is 5.41 Å². The van der Waals surface area contributed by atoms with Gasteiger partial charge in [0.15, 0.2) is 11.7 Å². The normalized spacial score (nSPS) is 12.0. The molecule has 0 fully saturated rings. The van der Waals surface area contributed by atoms with Gasteiger partial charge in [0.25, 0.3) is 0 Å². The van der Waals surface area contributed by atoms with Gasteiger partial charge in [-0.2, -0.15) is 0 Å². The Morgan fingerprint density at radius 2 is 1.52 bits per heavy atom. The van der Waals surface area contributed by atoms with Crippen molar-refractivity contribution in [2.75, 3.05) is 0 Å². The van der Waals surface area contributed by atoms with Crippen molar-refractivity contribution in [3.05, 3.63) is 83.9 Å². The molecule has 0 bridgehead atoms. The second kappa shape index (κ2) is 6.99. The molecule has 3 nitrogen and oxygen atoms in total. The molecule has 0 aliphatic carbocycles. The van der Waals surface area contributed by atoms with Crippen molar-refractivity contribution in [3.8, 4) is 0 Å². The molecule has 0 saturated carbocycles. The molecule has 3 aromatic rings. The molecule has 0 unspecified atom stereocenters. The van der Waals surface area contributed by atoms with E-state index in [1.165, 1.54) is 5.67 Å². The number of fused-ring (bicyclic) bond motifs is 1. The fourth-order valence-electron chi connectivity index (χ4n) is 2.31. The average Bonchev–Trinajstić information content (AvgIpc) is 2.61. The Bertz CT molecular complexity index is 899. The van der Waals surface area contributed by atoms with Crippen LogP contribution in [0.2, 0.25) is 0 Å². The van der Waals surface area contributed by atoms with E-state index in [4.69, 9.17) is 17.0 Å². The largest absolute Gasteiger partial charge is 0.282 e. The van der Waals surface area contributed by atoms with E-state index in [1.807, 2.05) is 72.8 Å². The van der Waals surface area contributed by atoms with Crippen LogP contribution >= 0.6 is 11.6 Å². The van der Waals surface area contributed by atoms with Gasteiger partial charge in [-0.1, -0.05) is 78.3 Å². The molecule has 4 heteroatoms. The molecular formula is C19H14ClN3. The van der Waals surface area contributed by atoms with E-state index in [2.05, 4.69) is 9.98 Å². The van der Waals surface area contributed by atoms with Gasteiger partial charge in [0, 0.05) is 11.1 Å². The van der Waals surface area contributed by atoms with Crippen LogP contribution in [0.15, 0.2) is 82.8 Å². The lowest BCUT2D eigenvalue weighted by atomic mass is 10.1. The van der Waals surface area contributed by atoms with Gasteiger partial charge in [-0.25, -0.2) is 9.98 Å². The van der Waals surface area contributed by atoms with Crippen LogP contribution in [-0.4, -0.2) is 17.3 Å². The average molecular weight is 320 g/mol. The summed E-state index contributed by atoms with van der Waals surface area (Å²) in [4.78, 5) is 8.40. The van der Waals surface area contributed by atoms with Gasteiger partial charge in [-0.05, 0) is 16.8 Å². The topological polar surface area (TPSA) is 48.6 Å². The maximum atomic E-state index is 8.26. The highest BCUT2D eigenvalue weighted by Crippen LogP contribution is 2.16. The third-order valence-corrected chi connectivity index (χ3v) is 3.54. The van der Waals surface area contributed by atoms with Gasteiger partial charge in [0.1, 0.15) is 0 Å². The van der Waals surface area contributed by atoms with Crippen molar-refractivity contribution in [2.45, 2.75) is 0 Å². The highest BCUT2D eigenvalue weighted by Gasteiger charge is 2.06. The van der Waals surface area contributed by atoms with Gasteiger partial charge < -0.3 is 0 Å². The molecule has 0 spiro atoms. The Labute approximate surface area is 139 Å². The van der Waals surface area contributed by atoms with E-state index >= 15 is 0 Å². The van der Waals surface area contributed by atoms with Crippen molar-refractivity contribution < 1.29 is 0 Å². The first kappa shape index (κ1) is 15.1. The Morgan fingerprint density at radius 1 is 0.826 bits per heavy atom. The van der Waals surface area contributed by atoms with Crippen molar-refractivity contribution in [1.29, 1.82) is 5.41 Å².